The zero-order valence-corrected chi connectivity index (χ0v) is 16.3. The van der Waals surface area contributed by atoms with Crippen molar-refractivity contribution in [3.8, 4) is 11.4 Å². The normalized spacial score (nSPS) is 19.3. The molecule has 150 valence electrons. The molecule has 5 nitrogen and oxygen atoms in total. The molecule has 0 aliphatic carbocycles. The van der Waals surface area contributed by atoms with Gasteiger partial charge < -0.3 is 9.42 Å². The van der Waals surface area contributed by atoms with Crippen LogP contribution >= 0.6 is 0 Å². The molecular formula is C23H24FN3O2. The smallest absolute Gasteiger partial charge is 0.266 e. The molecule has 1 aliphatic heterocycles. The fourth-order valence-electron chi connectivity index (χ4n) is 3.75. The van der Waals surface area contributed by atoms with E-state index < -0.39 is 5.67 Å². The summed E-state index contributed by atoms with van der Waals surface area (Å²) in [5.74, 6) is 0.299. The number of nitrogens with zero attached hydrogens (tertiary/aromatic N) is 3. The third kappa shape index (κ3) is 4.53. The number of likely N-dealkylation sites (tertiary alicyclic amines) is 1. The summed E-state index contributed by atoms with van der Waals surface area (Å²) >= 11 is 0. The lowest BCUT2D eigenvalue weighted by Crippen LogP contribution is -2.46. The number of aromatic nitrogens is 2. The van der Waals surface area contributed by atoms with Crippen LogP contribution < -0.4 is 0 Å². The second-order valence-corrected chi connectivity index (χ2v) is 7.51. The van der Waals surface area contributed by atoms with Gasteiger partial charge in [-0.25, -0.2) is 4.39 Å². The highest BCUT2D eigenvalue weighted by atomic mass is 19.1. The van der Waals surface area contributed by atoms with Crippen LogP contribution in [0.15, 0.2) is 65.2 Å². The molecule has 1 atom stereocenters. The molecule has 1 saturated heterocycles. The Bertz CT molecular complexity index is 945. The van der Waals surface area contributed by atoms with Gasteiger partial charge in [-0.05, 0) is 31.2 Å². The van der Waals surface area contributed by atoms with Gasteiger partial charge in [-0.1, -0.05) is 65.8 Å². The Morgan fingerprint density at radius 2 is 1.83 bits per heavy atom. The molecule has 1 unspecified atom stereocenters. The SMILES string of the molecule is O=C(CCCc1ccccc1)N1CCCC(F)(c2nc(-c3ccccc3)no2)C1. The molecule has 0 bridgehead atoms. The van der Waals surface area contributed by atoms with Crippen molar-refractivity contribution in [3.63, 3.8) is 0 Å². The van der Waals surface area contributed by atoms with E-state index in [-0.39, 0.29) is 24.8 Å². The number of hydrogen-bond acceptors (Lipinski definition) is 4. The van der Waals surface area contributed by atoms with Crippen LogP contribution in [0.4, 0.5) is 4.39 Å². The molecule has 1 fully saturated rings. The lowest BCUT2D eigenvalue weighted by molar-refractivity contribution is -0.136. The first-order valence-electron chi connectivity index (χ1n) is 10.0. The Morgan fingerprint density at radius 3 is 2.59 bits per heavy atom. The largest absolute Gasteiger partial charge is 0.339 e. The van der Waals surface area contributed by atoms with E-state index in [0.29, 0.717) is 25.2 Å². The molecular weight excluding hydrogens is 369 g/mol. The minimum atomic E-state index is -1.80. The van der Waals surface area contributed by atoms with Gasteiger partial charge in [-0.3, -0.25) is 4.79 Å². The molecule has 0 N–H and O–H groups in total. The minimum Gasteiger partial charge on any atom is -0.339 e. The van der Waals surface area contributed by atoms with Crippen molar-refractivity contribution < 1.29 is 13.7 Å². The van der Waals surface area contributed by atoms with E-state index in [9.17, 15) is 4.79 Å². The highest BCUT2D eigenvalue weighted by Gasteiger charge is 2.43. The van der Waals surface area contributed by atoms with Crippen LogP contribution in [0.5, 0.6) is 0 Å². The lowest BCUT2D eigenvalue weighted by atomic mass is 9.94. The van der Waals surface area contributed by atoms with Crippen LogP contribution in [-0.4, -0.2) is 34.0 Å². The van der Waals surface area contributed by atoms with Gasteiger partial charge in [0.25, 0.3) is 5.89 Å². The zero-order chi connectivity index (χ0) is 20.1. The van der Waals surface area contributed by atoms with E-state index >= 15 is 4.39 Å². The Labute approximate surface area is 169 Å². The van der Waals surface area contributed by atoms with E-state index in [1.807, 2.05) is 48.5 Å². The summed E-state index contributed by atoms with van der Waals surface area (Å²) in [6.07, 6.45) is 2.84. The summed E-state index contributed by atoms with van der Waals surface area (Å²) in [5.41, 5.74) is 0.182. The first kappa shape index (κ1) is 19.3. The van der Waals surface area contributed by atoms with Gasteiger partial charge in [0, 0.05) is 18.5 Å². The summed E-state index contributed by atoms with van der Waals surface area (Å²) in [5, 5.41) is 3.93. The first-order chi connectivity index (χ1) is 14.1. The number of carbonyl (C=O) groups is 1. The van der Waals surface area contributed by atoms with Gasteiger partial charge in [-0.2, -0.15) is 4.98 Å². The molecule has 2 heterocycles. The molecule has 29 heavy (non-hydrogen) atoms. The minimum absolute atomic E-state index is 0.0227. The highest BCUT2D eigenvalue weighted by molar-refractivity contribution is 5.76. The number of halogens is 1. The number of piperidine rings is 1. The van der Waals surface area contributed by atoms with Gasteiger partial charge in [0.05, 0.1) is 6.54 Å². The van der Waals surface area contributed by atoms with Crippen molar-refractivity contribution in [2.45, 2.75) is 37.8 Å². The summed E-state index contributed by atoms with van der Waals surface area (Å²) in [6.45, 7) is 0.531. The zero-order valence-electron chi connectivity index (χ0n) is 16.3. The molecule has 3 aromatic rings. The van der Waals surface area contributed by atoms with E-state index in [4.69, 9.17) is 4.52 Å². The predicted molar refractivity (Wildman–Crippen MR) is 108 cm³/mol. The van der Waals surface area contributed by atoms with Crippen LogP contribution in [0.2, 0.25) is 0 Å². The summed E-state index contributed by atoms with van der Waals surface area (Å²) < 4.78 is 20.9. The van der Waals surface area contributed by atoms with Crippen molar-refractivity contribution in [1.82, 2.24) is 15.0 Å². The van der Waals surface area contributed by atoms with Crippen molar-refractivity contribution in [3.05, 3.63) is 72.1 Å². The third-order valence-electron chi connectivity index (χ3n) is 5.34. The topological polar surface area (TPSA) is 59.2 Å². The molecule has 2 aromatic carbocycles. The maximum atomic E-state index is 15.6. The first-order valence-corrected chi connectivity index (χ1v) is 10.0. The fraction of sp³-hybridized carbons (Fsp3) is 0.348. The molecule has 1 amide bonds. The van der Waals surface area contributed by atoms with Gasteiger partial charge in [0.2, 0.25) is 17.4 Å². The fourth-order valence-corrected chi connectivity index (χ4v) is 3.75. The molecule has 6 heteroatoms. The summed E-state index contributed by atoms with van der Waals surface area (Å²) in [4.78, 5) is 18.5. The number of aryl methyl sites for hydroxylation is 1. The maximum Gasteiger partial charge on any atom is 0.266 e. The standard InChI is InChI=1S/C23H24FN3O2/c24-23(22-25-21(26-29-22)19-12-5-2-6-13-19)15-8-16-27(17-23)20(28)14-7-11-18-9-3-1-4-10-18/h1-6,9-10,12-13H,7-8,11,14-17H2. The van der Waals surface area contributed by atoms with E-state index in [1.54, 1.807) is 4.90 Å². The number of carbonyl (C=O) groups excluding carboxylic acids is 1. The number of amides is 1. The Morgan fingerprint density at radius 1 is 1.10 bits per heavy atom. The second kappa shape index (κ2) is 8.55. The van der Waals surface area contributed by atoms with Crippen molar-refractivity contribution in [2.75, 3.05) is 13.1 Å². The van der Waals surface area contributed by atoms with E-state index in [1.165, 1.54) is 5.56 Å². The Hall–Kier alpha value is -3.02. The van der Waals surface area contributed by atoms with Crippen LogP contribution in [0.25, 0.3) is 11.4 Å². The van der Waals surface area contributed by atoms with Crippen molar-refractivity contribution in [2.24, 2.45) is 0 Å². The quantitative estimate of drug-likeness (QED) is 0.617. The number of rotatable bonds is 6. The van der Waals surface area contributed by atoms with Crippen LogP contribution in [0.3, 0.4) is 0 Å². The average molecular weight is 393 g/mol. The third-order valence-corrected chi connectivity index (χ3v) is 5.34. The van der Waals surface area contributed by atoms with E-state index in [2.05, 4.69) is 22.3 Å². The number of benzene rings is 2. The molecule has 0 saturated carbocycles. The monoisotopic (exact) mass is 393 g/mol. The second-order valence-electron chi connectivity index (χ2n) is 7.51. The maximum absolute atomic E-state index is 15.6. The van der Waals surface area contributed by atoms with E-state index in [0.717, 1.165) is 18.4 Å². The molecule has 1 aromatic heterocycles. The van der Waals surface area contributed by atoms with Crippen LogP contribution in [-0.2, 0) is 16.9 Å². The lowest BCUT2D eigenvalue weighted by Gasteiger charge is -2.35. The summed E-state index contributed by atoms with van der Waals surface area (Å²) in [7, 11) is 0. The predicted octanol–water partition coefficient (Wildman–Crippen LogP) is 4.55. The van der Waals surface area contributed by atoms with Gasteiger partial charge in [-0.15, -0.1) is 0 Å². The number of alkyl halides is 1. The van der Waals surface area contributed by atoms with Crippen molar-refractivity contribution >= 4 is 5.91 Å². The molecule has 1 aliphatic rings. The Balaban J connectivity index is 1.38. The number of hydrogen-bond donors (Lipinski definition) is 0. The molecule has 4 rings (SSSR count). The van der Waals surface area contributed by atoms with Gasteiger partial charge in [0.15, 0.2) is 0 Å². The average Bonchev–Trinajstić information content (AvgIpc) is 3.26. The van der Waals surface area contributed by atoms with Crippen LogP contribution in [0.1, 0.15) is 37.1 Å². The van der Waals surface area contributed by atoms with Gasteiger partial charge in [0.1, 0.15) is 0 Å². The van der Waals surface area contributed by atoms with Crippen molar-refractivity contribution in [1.29, 1.82) is 0 Å². The van der Waals surface area contributed by atoms with Crippen LogP contribution in [0, 0.1) is 0 Å². The van der Waals surface area contributed by atoms with Gasteiger partial charge >= 0.3 is 0 Å². The summed E-state index contributed by atoms with van der Waals surface area (Å²) in [6, 6.07) is 19.4. The molecule has 0 radical (unpaired) electrons. The molecule has 0 spiro atoms. The Kier molecular flexibility index (Phi) is 5.69. The highest BCUT2D eigenvalue weighted by Crippen LogP contribution is 2.35.